The van der Waals surface area contributed by atoms with Crippen LogP contribution in [0.2, 0.25) is 0 Å². The summed E-state index contributed by atoms with van der Waals surface area (Å²) in [6.07, 6.45) is -0.650. The van der Waals surface area contributed by atoms with Crippen molar-refractivity contribution in [3.05, 3.63) is 53.7 Å². The minimum absolute atomic E-state index is 0.169. The van der Waals surface area contributed by atoms with Crippen LogP contribution in [0.4, 0.5) is 19.0 Å². The van der Waals surface area contributed by atoms with E-state index in [-0.39, 0.29) is 17.9 Å². The van der Waals surface area contributed by atoms with Crippen molar-refractivity contribution in [3.8, 4) is 5.75 Å². The first-order valence-electron chi connectivity index (χ1n) is 12.6. The fraction of sp³-hybridized carbons (Fsp3) is 0.556. The van der Waals surface area contributed by atoms with Crippen LogP contribution in [0.25, 0.3) is 0 Å². The van der Waals surface area contributed by atoms with Gasteiger partial charge < -0.3 is 19.9 Å². The summed E-state index contributed by atoms with van der Waals surface area (Å²) < 4.78 is 44.5. The number of aromatic nitrogens is 1. The Morgan fingerprint density at radius 2 is 1.86 bits per heavy atom. The molecule has 36 heavy (non-hydrogen) atoms. The molecule has 2 fully saturated rings. The second-order valence-corrected chi connectivity index (χ2v) is 10.2. The van der Waals surface area contributed by atoms with E-state index < -0.39 is 17.2 Å². The number of hydrogen-bond donors (Lipinski definition) is 1. The highest BCUT2D eigenvalue weighted by molar-refractivity contribution is 5.84. The number of hydrogen-bond acceptors (Lipinski definition) is 5. The molecule has 2 aromatic rings. The first-order valence-corrected chi connectivity index (χ1v) is 12.6. The number of pyridine rings is 1. The highest BCUT2D eigenvalue weighted by atomic mass is 19.4. The zero-order valence-corrected chi connectivity index (χ0v) is 21.1. The Hall–Kier alpha value is -2.81. The molecule has 1 saturated heterocycles. The molecule has 1 aliphatic carbocycles. The van der Waals surface area contributed by atoms with Crippen molar-refractivity contribution in [2.75, 3.05) is 38.2 Å². The van der Waals surface area contributed by atoms with E-state index in [1.807, 2.05) is 34.1 Å². The minimum atomic E-state index is -4.40. The van der Waals surface area contributed by atoms with Crippen LogP contribution in [0.3, 0.4) is 0 Å². The lowest BCUT2D eigenvalue weighted by Gasteiger charge is -2.42. The molecule has 6 nitrogen and oxygen atoms in total. The van der Waals surface area contributed by atoms with Gasteiger partial charge in [-0.05, 0) is 55.0 Å². The Kier molecular flexibility index (Phi) is 7.78. The van der Waals surface area contributed by atoms with E-state index in [0.717, 1.165) is 43.7 Å². The number of carbonyl (C=O) groups excluding carboxylic acids is 1. The molecule has 0 unspecified atom stereocenters. The lowest BCUT2D eigenvalue weighted by molar-refractivity contribution is -0.145. The van der Waals surface area contributed by atoms with Gasteiger partial charge in [-0.15, -0.1) is 0 Å². The van der Waals surface area contributed by atoms with Crippen molar-refractivity contribution in [3.63, 3.8) is 0 Å². The maximum Gasteiger partial charge on any atom is 0.416 e. The van der Waals surface area contributed by atoms with E-state index in [1.54, 1.807) is 7.11 Å². The van der Waals surface area contributed by atoms with E-state index in [0.29, 0.717) is 32.0 Å². The first-order chi connectivity index (χ1) is 17.1. The van der Waals surface area contributed by atoms with E-state index in [1.165, 1.54) is 11.8 Å². The molecule has 9 heteroatoms. The number of amides is 1. The smallest absolute Gasteiger partial charge is 0.416 e. The van der Waals surface area contributed by atoms with Crippen LogP contribution >= 0.6 is 0 Å². The average molecular weight is 505 g/mol. The number of anilines is 1. The monoisotopic (exact) mass is 504 g/mol. The quantitative estimate of drug-likeness (QED) is 0.590. The van der Waals surface area contributed by atoms with Crippen molar-refractivity contribution in [2.45, 2.75) is 51.9 Å². The van der Waals surface area contributed by atoms with Gasteiger partial charge in [-0.2, -0.15) is 13.2 Å². The van der Waals surface area contributed by atoms with Gasteiger partial charge in [0.15, 0.2) is 0 Å². The molecule has 2 atom stereocenters. The summed E-state index contributed by atoms with van der Waals surface area (Å²) >= 11 is 0. The number of piperazine rings is 1. The molecule has 2 heterocycles. The third-order valence-electron chi connectivity index (χ3n) is 7.80. The predicted molar refractivity (Wildman–Crippen MR) is 133 cm³/mol. The Bertz CT molecular complexity index is 1040. The maximum atomic E-state index is 13.8. The second-order valence-electron chi connectivity index (χ2n) is 10.2. The molecule has 1 aliphatic heterocycles. The molecule has 1 amide bonds. The Morgan fingerprint density at radius 1 is 1.17 bits per heavy atom. The van der Waals surface area contributed by atoms with Crippen LogP contribution in [0.15, 0.2) is 42.6 Å². The number of methoxy groups -OCH3 is 1. The predicted octanol–water partition coefficient (Wildman–Crippen LogP) is 4.74. The average Bonchev–Trinajstić information content (AvgIpc) is 3.33. The first kappa shape index (κ1) is 26.3. The van der Waals surface area contributed by atoms with Gasteiger partial charge in [-0.25, -0.2) is 4.98 Å². The summed E-state index contributed by atoms with van der Waals surface area (Å²) in [4.78, 5) is 21.6. The van der Waals surface area contributed by atoms with Gasteiger partial charge >= 0.3 is 6.18 Å². The van der Waals surface area contributed by atoms with Crippen LogP contribution < -0.4 is 15.0 Å². The number of nitrogens with zero attached hydrogens (tertiary/aromatic N) is 3. The third kappa shape index (κ3) is 5.61. The summed E-state index contributed by atoms with van der Waals surface area (Å²) in [5.41, 5.74) is 0.0428. The zero-order valence-electron chi connectivity index (χ0n) is 21.1. The molecule has 1 aromatic heterocycles. The SMILES string of the molecule is COc1ccc(CN[C@@H]2CC[C@@](C(=O)N3CCN(c4cc(C(F)(F)F)ccn4)CC3)(C(C)C)C2)cc1. The number of alkyl halides is 3. The van der Waals surface area contributed by atoms with Crippen molar-refractivity contribution in [2.24, 2.45) is 11.3 Å². The minimum Gasteiger partial charge on any atom is -0.497 e. The molecule has 1 N–H and O–H groups in total. The van der Waals surface area contributed by atoms with Gasteiger partial charge in [0, 0.05) is 45.0 Å². The summed E-state index contributed by atoms with van der Waals surface area (Å²) in [5.74, 6) is 1.50. The molecule has 0 spiro atoms. The fourth-order valence-electron chi connectivity index (χ4n) is 5.44. The number of rotatable bonds is 7. The molecule has 0 radical (unpaired) electrons. The zero-order chi connectivity index (χ0) is 25.9. The van der Waals surface area contributed by atoms with Crippen molar-refractivity contribution < 1.29 is 22.7 Å². The van der Waals surface area contributed by atoms with E-state index in [9.17, 15) is 18.0 Å². The van der Waals surface area contributed by atoms with Gasteiger partial charge in [-0.1, -0.05) is 26.0 Å². The number of nitrogens with one attached hydrogen (secondary N) is 1. The van der Waals surface area contributed by atoms with Gasteiger partial charge in [-0.3, -0.25) is 4.79 Å². The Labute approximate surface area is 210 Å². The molecular formula is C27H35F3N4O2. The van der Waals surface area contributed by atoms with Crippen LogP contribution in [0.5, 0.6) is 5.75 Å². The van der Waals surface area contributed by atoms with E-state index in [4.69, 9.17) is 4.74 Å². The molecule has 0 bridgehead atoms. The number of halogens is 3. The summed E-state index contributed by atoms with van der Waals surface area (Å²) in [6.45, 7) is 6.86. The molecule has 4 rings (SSSR count). The lowest BCUT2D eigenvalue weighted by Crippen LogP contribution is -2.54. The molecule has 196 valence electrons. The second kappa shape index (κ2) is 10.7. The standard InChI is InChI=1S/C27H35F3N4O2/c1-19(2)26(10-8-22(17-26)32-18-20-4-6-23(36-3)7-5-20)25(35)34-14-12-33(13-15-34)24-16-21(9-11-31-24)27(28,29)30/h4-7,9,11,16,19,22,32H,8,10,12-15,17-18H2,1-3H3/t22-,26+/m1/s1. The van der Waals surface area contributed by atoms with Crippen LogP contribution in [-0.2, 0) is 17.5 Å². The number of ether oxygens (including phenoxy) is 1. The van der Waals surface area contributed by atoms with Crippen LogP contribution in [0, 0.1) is 11.3 Å². The van der Waals surface area contributed by atoms with Crippen LogP contribution in [0.1, 0.15) is 44.2 Å². The molecule has 1 aromatic carbocycles. The maximum absolute atomic E-state index is 13.8. The highest BCUT2D eigenvalue weighted by Crippen LogP contribution is 2.46. The Morgan fingerprint density at radius 3 is 2.47 bits per heavy atom. The topological polar surface area (TPSA) is 57.7 Å². The molecule has 2 aliphatic rings. The van der Waals surface area contributed by atoms with Gasteiger partial charge in [0.25, 0.3) is 0 Å². The van der Waals surface area contributed by atoms with E-state index >= 15 is 0 Å². The summed E-state index contributed by atoms with van der Waals surface area (Å²) in [5, 5.41) is 3.63. The highest BCUT2D eigenvalue weighted by Gasteiger charge is 2.49. The normalized spacial score (nSPS) is 22.8. The van der Waals surface area contributed by atoms with Gasteiger partial charge in [0.1, 0.15) is 11.6 Å². The molecule has 1 saturated carbocycles. The van der Waals surface area contributed by atoms with Crippen LogP contribution in [-0.4, -0.2) is 55.1 Å². The Balaban J connectivity index is 1.35. The number of carbonyl (C=O) groups is 1. The molecular weight excluding hydrogens is 469 g/mol. The summed E-state index contributed by atoms with van der Waals surface area (Å²) in [6, 6.07) is 10.3. The third-order valence-corrected chi connectivity index (χ3v) is 7.80. The van der Waals surface area contributed by atoms with Crippen molar-refractivity contribution in [1.29, 1.82) is 0 Å². The van der Waals surface area contributed by atoms with Crippen molar-refractivity contribution >= 4 is 11.7 Å². The summed E-state index contributed by atoms with van der Waals surface area (Å²) in [7, 11) is 1.65. The van der Waals surface area contributed by atoms with Crippen molar-refractivity contribution in [1.82, 2.24) is 15.2 Å². The largest absolute Gasteiger partial charge is 0.497 e. The number of benzene rings is 1. The van der Waals surface area contributed by atoms with Gasteiger partial charge in [0.2, 0.25) is 5.91 Å². The van der Waals surface area contributed by atoms with E-state index in [2.05, 4.69) is 24.1 Å². The lowest BCUT2D eigenvalue weighted by atomic mass is 9.74. The van der Waals surface area contributed by atoms with Gasteiger partial charge in [0.05, 0.1) is 18.1 Å². The fourth-order valence-corrected chi connectivity index (χ4v) is 5.44.